The van der Waals surface area contributed by atoms with Crippen LogP contribution in [-0.4, -0.2) is 28.8 Å². The molecule has 5 nitrogen and oxygen atoms in total. The average molecular weight is 480 g/mol. The van der Waals surface area contributed by atoms with Crippen LogP contribution in [0.25, 0.3) is 5.69 Å². The molecule has 2 heterocycles. The number of hydrogen-bond donors (Lipinski definition) is 2. The van der Waals surface area contributed by atoms with Gasteiger partial charge in [-0.3, -0.25) is 4.79 Å². The summed E-state index contributed by atoms with van der Waals surface area (Å²) in [6.07, 6.45) is 3.55. The van der Waals surface area contributed by atoms with Gasteiger partial charge in [-0.05, 0) is 75.2 Å². The van der Waals surface area contributed by atoms with E-state index in [1.807, 2.05) is 48.9 Å². The van der Waals surface area contributed by atoms with E-state index < -0.39 is 0 Å². The zero-order valence-electron chi connectivity index (χ0n) is 17.4. The lowest BCUT2D eigenvalue weighted by Gasteiger charge is -2.25. The van der Waals surface area contributed by atoms with Gasteiger partial charge in [0.2, 0.25) is 0 Å². The van der Waals surface area contributed by atoms with E-state index in [0.717, 1.165) is 48.4 Å². The molecule has 0 atom stereocenters. The van der Waals surface area contributed by atoms with Crippen LogP contribution < -0.4 is 10.6 Å². The van der Waals surface area contributed by atoms with Crippen LogP contribution in [0.4, 0.5) is 5.69 Å². The molecule has 8 heteroatoms. The molecule has 0 unspecified atom stereocenters. The summed E-state index contributed by atoms with van der Waals surface area (Å²) in [7, 11) is 0. The number of aryl methyl sites for hydroxylation is 1. The number of anilines is 1. The molecule has 1 amide bonds. The number of halogens is 3. The van der Waals surface area contributed by atoms with E-state index in [-0.39, 0.29) is 24.2 Å². The number of piperidine rings is 1. The van der Waals surface area contributed by atoms with E-state index in [1.165, 1.54) is 0 Å². The number of hydrogen-bond acceptors (Lipinski definition) is 3. The van der Waals surface area contributed by atoms with Crippen molar-refractivity contribution in [3.05, 3.63) is 75.0 Å². The van der Waals surface area contributed by atoms with Crippen LogP contribution in [0, 0.1) is 13.8 Å². The summed E-state index contributed by atoms with van der Waals surface area (Å²) in [5.41, 5.74) is 5.01. The molecule has 0 bridgehead atoms. The predicted molar refractivity (Wildman–Crippen MR) is 130 cm³/mol. The van der Waals surface area contributed by atoms with Crippen LogP contribution in [0.15, 0.2) is 42.6 Å². The maximum absolute atomic E-state index is 13.3. The fourth-order valence-electron chi connectivity index (χ4n) is 3.96. The lowest BCUT2D eigenvalue weighted by atomic mass is 9.91. The van der Waals surface area contributed by atoms with Crippen molar-refractivity contribution >= 4 is 47.2 Å². The summed E-state index contributed by atoms with van der Waals surface area (Å²) in [6, 6.07) is 11.2. The highest BCUT2D eigenvalue weighted by Gasteiger charge is 2.28. The Morgan fingerprint density at radius 2 is 1.90 bits per heavy atom. The Bertz CT molecular complexity index is 1090. The SMILES string of the molecule is Cc1ccc(Cl)cc1NC(=O)c1cnn(-c2cccc(Cl)c2C)c1C1CCNCC1.Cl. The van der Waals surface area contributed by atoms with E-state index in [4.69, 9.17) is 23.2 Å². The molecule has 0 radical (unpaired) electrons. The van der Waals surface area contributed by atoms with Crippen molar-refractivity contribution in [2.45, 2.75) is 32.6 Å². The number of benzene rings is 2. The molecule has 1 aliphatic heterocycles. The molecular weight excluding hydrogens is 455 g/mol. The summed E-state index contributed by atoms with van der Waals surface area (Å²) < 4.78 is 1.89. The zero-order chi connectivity index (χ0) is 21.3. The van der Waals surface area contributed by atoms with Crippen molar-refractivity contribution in [1.82, 2.24) is 15.1 Å². The lowest BCUT2D eigenvalue weighted by molar-refractivity contribution is 0.102. The van der Waals surface area contributed by atoms with Crippen molar-refractivity contribution in [3.8, 4) is 5.69 Å². The molecule has 0 aliphatic carbocycles. The average Bonchev–Trinajstić information content (AvgIpc) is 3.18. The van der Waals surface area contributed by atoms with Gasteiger partial charge < -0.3 is 10.6 Å². The van der Waals surface area contributed by atoms with Crippen molar-refractivity contribution in [3.63, 3.8) is 0 Å². The summed E-state index contributed by atoms with van der Waals surface area (Å²) in [5.74, 6) is 0.0492. The first-order chi connectivity index (χ1) is 14.5. The van der Waals surface area contributed by atoms with Gasteiger partial charge in [-0.1, -0.05) is 35.3 Å². The van der Waals surface area contributed by atoms with Gasteiger partial charge in [-0.15, -0.1) is 12.4 Å². The standard InChI is InChI=1S/C23H24Cl2N4O.ClH/c1-14-6-7-17(24)12-20(14)28-23(30)18-13-27-29(21-5-3-4-19(25)15(21)2)22(18)16-8-10-26-11-9-16;/h3-7,12-13,16,26H,8-11H2,1-2H3,(H,28,30);1H. The van der Waals surface area contributed by atoms with Crippen LogP contribution in [0.3, 0.4) is 0 Å². The molecule has 0 saturated carbocycles. The van der Waals surface area contributed by atoms with E-state index in [2.05, 4.69) is 15.7 Å². The van der Waals surface area contributed by atoms with Crippen LogP contribution in [0.5, 0.6) is 0 Å². The fourth-order valence-corrected chi connectivity index (χ4v) is 4.30. The van der Waals surface area contributed by atoms with Gasteiger partial charge in [0.1, 0.15) is 0 Å². The minimum atomic E-state index is -0.181. The van der Waals surface area contributed by atoms with Crippen LogP contribution in [-0.2, 0) is 0 Å². The fraction of sp³-hybridized carbons (Fsp3) is 0.304. The van der Waals surface area contributed by atoms with E-state index in [9.17, 15) is 4.79 Å². The maximum Gasteiger partial charge on any atom is 0.259 e. The topological polar surface area (TPSA) is 59.0 Å². The van der Waals surface area contributed by atoms with E-state index in [1.54, 1.807) is 12.3 Å². The molecule has 1 aromatic heterocycles. The van der Waals surface area contributed by atoms with Crippen LogP contribution >= 0.6 is 35.6 Å². The van der Waals surface area contributed by atoms with Crippen LogP contribution in [0.2, 0.25) is 10.0 Å². The van der Waals surface area contributed by atoms with Gasteiger partial charge in [-0.2, -0.15) is 5.10 Å². The molecule has 3 aromatic rings. The summed E-state index contributed by atoms with van der Waals surface area (Å²) >= 11 is 12.5. The Labute approximate surface area is 198 Å². The van der Waals surface area contributed by atoms with E-state index in [0.29, 0.717) is 21.3 Å². The van der Waals surface area contributed by atoms with Crippen LogP contribution in [0.1, 0.15) is 45.9 Å². The lowest BCUT2D eigenvalue weighted by Crippen LogP contribution is -2.29. The molecule has 1 aliphatic rings. The number of carbonyl (C=O) groups excluding carboxylic acids is 1. The first-order valence-electron chi connectivity index (χ1n) is 10.1. The molecule has 1 saturated heterocycles. The third-order valence-electron chi connectivity index (χ3n) is 5.69. The molecule has 1 fully saturated rings. The second-order valence-corrected chi connectivity index (χ2v) is 8.52. The summed E-state index contributed by atoms with van der Waals surface area (Å²) in [5, 5.41) is 12.3. The Morgan fingerprint density at radius 3 is 2.65 bits per heavy atom. The number of rotatable bonds is 4. The van der Waals surface area contributed by atoms with Gasteiger partial charge >= 0.3 is 0 Å². The first-order valence-corrected chi connectivity index (χ1v) is 10.8. The van der Waals surface area contributed by atoms with E-state index >= 15 is 0 Å². The minimum absolute atomic E-state index is 0. The number of aromatic nitrogens is 2. The van der Waals surface area contributed by atoms with Gasteiger partial charge in [-0.25, -0.2) is 4.68 Å². The monoisotopic (exact) mass is 478 g/mol. The number of nitrogens with zero attached hydrogens (tertiary/aromatic N) is 2. The molecule has 0 spiro atoms. The Hall–Kier alpha value is -2.05. The molecule has 2 N–H and O–H groups in total. The number of nitrogens with one attached hydrogen (secondary N) is 2. The molecule has 4 rings (SSSR count). The third-order valence-corrected chi connectivity index (χ3v) is 6.34. The second kappa shape index (κ2) is 10.0. The maximum atomic E-state index is 13.3. The normalized spacial score (nSPS) is 14.2. The highest BCUT2D eigenvalue weighted by Crippen LogP contribution is 2.33. The predicted octanol–water partition coefficient (Wildman–Crippen LogP) is 5.94. The zero-order valence-corrected chi connectivity index (χ0v) is 19.7. The molecule has 164 valence electrons. The number of amides is 1. The highest BCUT2D eigenvalue weighted by atomic mass is 35.5. The molecule has 31 heavy (non-hydrogen) atoms. The molecule has 2 aromatic carbocycles. The molecular formula is C23H25Cl3N4O. The van der Waals surface area contributed by atoms with Gasteiger partial charge in [0, 0.05) is 21.7 Å². The van der Waals surface area contributed by atoms with Gasteiger partial charge in [0.05, 0.1) is 23.1 Å². The van der Waals surface area contributed by atoms with Gasteiger partial charge in [0.25, 0.3) is 5.91 Å². The van der Waals surface area contributed by atoms with Crippen molar-refractivity contribution < 1.29 is 4.79 Å². The smallest absolute Gasteiger partial charge is 0.259 e. The Kier molecular flexibility index (Phi) is 7.65. The number of carbonyl (C=O) groups is 1. The van der Waals surface area contributed by atoms with Crippen molar-refractivity contribution in [1.29, 1.82) is 0 Å². The minimum Gasteiger partial charge on any atom is -0.322 e. The largest absolute Gasteiger partial charge is 0.322 e. The first kappa shape index (κ1) is 23.6. The highest BCUT2D eigenvalue weighted by molar-refractivity contribution is 6.31. The Balaban J connectivity index is 0.00000272. The van der Waals surface area contributed by atoms with Crippen molar-refractivity contribution in [2.24, 2.45) is 0 Å². The summed E-state index contributed by atoms with van der Waals surface area (Å²) in [6.45, 7) is 5.75. The van der Waals surface area contributed by atoms with Crippen molar-refractivity contribution in [2.75, 3.05) is 18.4 Å². The Morgan fingerprint density at radius 1 is 1.16 bits per heavy atom. The summed E-state index contributed by atoms with van der Waals surface area (Å²) in [4.78, 5) is 13.3. The van der Waals surface area contributed by atoms with Gasteiger partial charge in [0.15, 0.2) is 0 Å². The quantitative estimate of drug-likeness (QED) is 0.487. The second-order valence-electron chi connectivity index (χ2n) is 7.68. The third kappa shape index (κ3) is 4.90.